The molecule has 0 saturated carbocycles. The van der Waals surface area contributed by atoms with Gasteiger partial charge in [0.05, 0.1) is 4.90 Å². The van der Waals surface area contributed by atoms with Crippen LogP contribution in [0.3, 0.4) is 0 Å². The highest BCUT2D eigenvalue weighted by Gasteiger charge is 2.33. The van der Waals surface area contributed by atoms with Crippen LogP contribution in [0.2, 0.25) is 0 Å². The molecule has 6 nitrogen and oxygen atoms in total. The average molecular weight is 437 g/mol. The summed E-state index contributed by atoms with van der Waals surface area (Å²) in [5, 5.41) is 0.305. The third-order valence-corrected chi connectivity index (χ3v) is 6.27. The maximum atomic E-state index is 13.5. The van der Waals surface area contributed by atoms with E-state index in [1.807, 2.05) is 0 Å². The molecule has 0 unspecified atom stereocenters. The van der Waals surface area contributed by atoms with Gasteiger partial charge < -0.3 is 9.64 Å². The van der Waals surface area contributed by atoms with Gasteiger partial charge in [-0.25, -0.2) is 17.6 Å². The molecule has 0 atom stereocenters. The predicted molar refractivity (Wildman–Crippen MR) is 95.6 cm³/mol. The van der Waals surface area contributed by atoms with E-state index in [0.717, 1.165) is 6.07 Å². The Labute approximate surface area is 156 Å². The minimum atomic E-state index is -3.83. The molecule has 0 spiro atoms. The number of halogens is 2. The molecular weight excluding hydrogens is 415 g/mol. The van der Waals surface area contributed by atoms with Gasteiger partial charge in [0.15, 0.2) is 0 Å². The lowest BCUT2D eigenvalue weighted by Gasteiger charge is -2.35. The molecule has 1 amide bonds. The summed E-state index contributed by atoms with van der Waals surface area (Å²) < 4.78 is 45.8. The summed E-state index contributed by atoms with van der Waals surface area (Å²) in [5.74, 6) is -0.601. The van der Waals surface area contributed by atoms with Crippen molar-refractivity contribution in [3.8, 4) is 0 Å². The van der Waals surface area contributed by atoms with Gasteiger partial charge in [0.2, 0.25) is 10.0 Å². The van der Waals surface area contributed by atoms with E-state index < -0.39 is 27.5 Å². The number of sulfonamides is 1. The van der Waals surface area contributed by atoms with Gasteiger partial charge in [0.25, 0.3) is 0 Å². The highest BCUT2D eigenvalue weighted by Crippen LogP contribution is 2.24. The zero-order chi connectivity index (χ0) is 18.8. The number of ether oxygens (including phenoxy) is 1. The Balaban J connectivity index is 2.12. The van der Waals surface area contributed by atoms with Gasteiger partial charge in [0, 0.05) is 31.5 Å². The SMILES string of the molecule is CC(C)(C)OC(=O)N1CCN(S(=O)(=O)c2cc(F)ccc2CBr)CC1. The number of piperazine rings is 1. The van der Waals surface area contributed by atoms with Crippen molar-refractivity contribution in [3.05, 3.63) is 29.6 Å². The van der Waals surface area contributed by atoms with Gasteiger partial charge in [0.1, 0.15) is 11.4 Å². The van der Waals surface area contributed by atoms with E-state index >= 15 is 0 Å². The van der Waals surface area contributed by atoms with Crippen molar-refractivity contribution in [2.75, 3.05) is 26.2 Å². The third-order valence-electron chi connectivity index (χ3n) is 3.68. The average Bonchev–Trinajstić information content (AvgIpc) is 2.53. The molecule has 0 radical (unpaired) electrons. The van der Waals surface area contributed by atoms with Crippen LogP contribution in [-0.4, -0.2) is 55.5 Å². The smallest absolute Gasteiger partial charge is 0.410 e. The van der Waals surface area contributed by atoms with Crippen LogP contribution in [-0.2, 0) is 20.1 Å². The zero-order valence-electron chi connectivity index (χ0n) is 14.5. The number of carbonyl (C=O) groups is 1. The van der Waals surface area contributed by atoms with Crippen molar-refractivity contribution in [3.63, 3.8) is 0 Å². The number of nitrogens with zero attached hydrogens (tertiary/aromatic N) is 2. The fraction of sp³-hybridized carbons (Fsp3) is 0.562. The predicted octanol–water partition coefficient (Wildman–Crippen LogP) is 2.96. The van der Waals surface area contributed by atoms with Crippen LogP contribution in [0.5, 0.6) is 0 Å². The van der Waals surface area contributed by atoms with E-state index in [2.05, 4.69) is 15.9 Å². The van der Waals surface area contributed by atoms with E-state index in [-0.39, 0.29) is 31.1 Å². The first kappa shape index (κ1) is 20.1. The Morgan fingerprint density at radius 2 is 1.84 bits per heavy atom. The quantitative estimate of drug-likeness (QED) is 0.683. The monoisotopic (exact) mass is 436 g/mol. The molecule has 1 aliphatic rings. The fourth-order valence-corrected chi connectivity index (χ4v) is 4.79. The molecule has 1 aromatic carbocycles. The zero-order valence-corrected chi connectivity index (χ0v) is 16.9. The summed E-state index contributed by atoms with van der Waals surface area (Å²) in [6.45, 7) is 6.06. The van der Waals surface area contributed by atoms with E-state index in [1.165, 1.54) is 21.3 Å². The number of hydrogen-bond donors (Lipinski definition) is 0. The highest BCUT2D eigenvalue weighted by molar-refractivity contribution is 9.08. The van der Waals surface area contributed by atoms with Gasteiger partial charge in [-0.2, -0.15) is 4.31 Å². The Hall–Kier alpha value is -1.19. The lowest BCUT2D eigenvalue weighted by atomic mass is 10.2. The van der Waals surface area contributed by atoms with E-state index in [0.29, 0.717) is 10.9 Å². The lowest BCUT2D eigenvalue weighted by molar-refractivity contribution is 0.0192. The molecule has 2 rings (SSSR count). The second-order valence-electron chi connectivity index (χ2n) is 6.76. The van der Waals surface area contributed by atoms with Gasteiger partial charge in [-0.05, 0) is 38.5 Å². The summed E-state index contributed by atoms with van der Waals surface area (Å²) in [7, 11) is -3.83. The van der Waals surface area contributed by atoms with Crippen molar-refractivity contribution in [2.45, 2.75) is 36.6 Å². The minimum absolute atomic E-state index is 0.0462. The number of rotatable bonds is 3. The first-order valence-corrected chi connectivity index (χ1v) is 10.4. The Kier molecular flexibility index (Phi) is 6.11. The molecule has 1 aromatic rings. The summed E-state index contributed by atoms with van der Waals surface area (Å²) >= 11 is 3.23. The van der Waals surface area contributed by atoms with Crippen LogP contribution < -0.4 is 0 Å². The molecule has 1 aliphatic heterocycles. The third kappa shape index (κ3) is 4.92. The second-order valence-corrected chi connectivity index (χ2v) is 9.22. The standard InChI is InChI=1S/C16H22BrFN2O4S/c1-16(2,3)24-15(21)19-6-8-20(9-7-19)25(22,23)14-10-13(18)5-4-12(14)11-17/h4-5,10H,6-9,11H2,1-3H3. The fourth-order valence-electron chi connectivity index (χ4n) is 2.46. The first-order valence-electron chi connectivity index (χ1n) is 7.87. The second kappa shape index (κ2) is 7.59. The van der Waals surface area contributed by atoms with Crippen LogP contribution in [0, 0.1) is 5.82 Å². The van der Waals surface area contributed by atoms with E-state index in [4.69, 9.17) is 4.74 Å². The Morgan fingerprint density at radius 3 is 2.36 bits per heavy atom. The van der Waals surface area contributed by atoms with Crippen molar-refractivity contribution >= 4 is 32.0 Å². The summed E-state index contributed by atoms with van der Waals surface area (Å²) in [6, 6.07) is 3.72. The van der Waals surface area contributed by atoms with Crippen molar-refractivity contribution < 1.29 is 22.3 Å². The van der Waals surface area contributed by atoms with Crippen molar-refractivity contribution in [2.24, 2.45) is 0 Å². The number of alkyl halides is 1. The van der Waals surface area contributed by atoms with E-state index in [9.17, 15) is 17.6 Å². The molecule has 1 heterocycles. The van der Waals surface area contributed by atoms with Gasteiger partial charge in [-0.1, -0.05) is 22.0 Å². The summed E-state index contributed by atoms with van der Waals surface area (Å²) in [5.41, 5.74) is -0.108. The van der Waals surface area contributed by atoms with Crippen LogP contribution in [0.4, 0.5) is 9.18 Å². The van der Waals surface area contributed by atoms with Gasteiger partial charge >= 0.3 is 6.09 Å². The van der Waals surface area contributed by atoms with Crippen LogP contribution >= 0.6 is 15.9 Å². The molecular formula is C16H22BrFN2O4S. The lowest BCUT2D eigenvalue weighted by Crippen LogP contribution is -2.51. The van der Waals surface area contributed by atoms with Gasteiger partial charge in [-0.15, -0.1) is 0 Å². The molecule has 140 valence electrons. The molecule has 0 N–H and O–H groups in total. The molecule has 0 aliphatic carbocycles. The molecule has 25 heavy (non-hydrogen) atoms. The minimum Gasteiger partial charge on any atom is -0.444 e. The largest absolute Gasteiger partial charge is 0.444 e. The van der Waals surface area contributed by atoms with E-state index in [1.54, 1.807) is 20.8 Å². The first-order chi connectivity index (χ1) is 11.5. The van der Waals surface area contributed by atoms with Crippen LogP contribution in [0.25, 0.3) is 0 Å². The summed E-state index contributed by atoms with van der Waals surface area (Å²) in [6.07, 6.45) is -0.462. The Bertz CT molecular complexity index is 741. The Morgan fingerprint density at radius 1 is 1.24 bits per heavy atom. The molecule has 0 bridgehead atoms. The van der Waals surface area contributed by atoms with Gasteiger partial charge in [-0.3, -0.25) is 0 Å². The molecule has 9 heteroatoms. The number of carbonyl (C=O) groups excluding carboxylic acids is 1. The van der Waals surface area contributed by atoms with Crippen molar-refractivity contribution in [1.29, 1.82) is 0 Å². The van der Waals surface area contributed by atoms with Crippen LogP contribution in [0.1, 0.15) is 26.3 Å². The number of benzene rings is 1. The maximum Gasteiger partial charge on any atom is 0.410 e. The topological polar surface area (TPSA) is 66.9 Å². The normalized spacial score (nSPS) is 16.8. The molecule has 1 fully saturated rings. The highest BCUT2D eigenvalue weighted by atomic mass is 79.9. The molecule has 1 saturated heterocycles. The number of amides is 1. The van der Waals surface area contributed by atoms with Crippen molar-refractivity contribution in [1.82, 2.24) is 9.21 Å². The van der Waals surface area contributed by atoms with Crippen LogP contribution in [0.15, 0.2) is 23.1 Å². The molecule has 0 aromatic heterocycles. The number of hydrogen-bond acceptors (Lipinski definition) is 4. The summed E-state index contributed by atoms with van der Waals surface area (Å²) in [4.78, 5) is 13.5. The maximum absolute atomic E-state index is 13.5.